The van der Waals surface area contributed by atoms with Gasteiger partial charge in [0.15, 0.2) is 0 Å². The van der Waals surface area contributed by atoms with Gasteiger partial charge in [-0.25, -0.2) is 0 Å². The lowest BCUT2D eigenvalue weighted by Gasteiger charge is -2.23. The molecule has 0 radical (unpaired) electrons. The molecule has 2 aliphatic rings. The van der Waals surface area contributed by atoms with Crippen LogP contribution in [-0.2, 0) is 11.8 Å². The van der Waals surface area contributed by atoms with Gasteiger partial charge in [-0.3, -0.25) is 0 Å². The standard InChI is InChI=1S/C12H14ClN.ClH/c13-10-2-1-9-3-4-12(11(9)7-10)5-6-14-8-12;/h1-2,7,14H,3-6,8H2;1H. The Balaban J connectivity index is 0.000000853. The van der Waals surface area contributed by atoms with Gasteiger partial charge in [-0.2, -0.15) is 0 Å². The van der Waals surface area contributed by atoms with E-state index in [0.29, 0.717) is 5.41 Å². The molecule has 1 fully saturated rings. The van der Waals surface area contributed by atoms with Crippen LogP contribution in [0.15, 0.2) is 18.2 Å². The van der Waals surface area contributed by atoms with E-state index in [0.717, 1.165) is 18.1 Å². The number of fused-ring (bicyclic) bond motifs is 2. The van der Waals surface area contributed by atoms with E-state index in [9.17, 15) is 0 Å². The maximum absolute atomic E-state index is 6.06. The van der Waals surface area contributed by atoms with Crippen molar-refractivity contribution in [2.24, 2.45) is 0 Å². The van der Waals surface area contributed by atoms with E-state index in [1.807, 2.05) is 6.07 Å². The predicted octanol–water partition coefficient (Wildman–Crippen LogP) is 2.94. The average molecular weight is 244 g/mol. The second-order valence-corrected chi connectivity index (χ2v) is 4.95. The van der Waals surface area contributed by atoms with Crippen LogP contribution in [0.4, 0.5) is 0 Å². The van der Waals surface area contributed by atoms with Crippen LogP contribution in [0.1, 0.15) is 24.0 Å². The highest BCUT2D eigenvalue weighted by Gasteiger charge is 2.40. The summed E-state index contributed by atoms with van der Waals surface area (Å²) in [7, 11) is 0. The van der Waals surface area contributed by atoms with Crippen LogP contribution in [0.2, 0.25) is 5.02 Å². The van der Waals surface area contributed by atoms with E-state index in [1.54, 1.807) is 0 Å². The summed E-state index contributed by atoms with van der Waals surface area (Å²) in [5, 5.41) is 4.36. The summed E-state index contributed by atoms with van der Waals surface area (Å²) in [6.45, 7) is 2.30. The highest BCUT2D eigenvalue weighted by atomic mass is 35.5. The van der Waals surface area contributed by atoms with Crippen molar-refractivity contribution in [1.29, 1.82) is 0 Å². The third-order valence-electron chi connectivity index (χ3n) is 3.76. The van der Waals surface area contributed by atoms with Crippen molar-refractivity contribution in [2.45, 2.75) is 24.7 Å². The second kappa shape index (κ2) is 3.97. The Morgan fingerprint density at radius 3 is 2.87 bits per heavy atom. The van der Waals surface area contributed by atoms with E-state index in [4.69, 9.17) is 11.6 Å². The van der Waals surface area contributed by atoms with Crippen LogP contribution in [-0.4, -0.2) is 13.1 Å². The van der Waals surface area contributed by atoms with Crippen LogP contribution in [0.25, 0.3) is 0 Å². The topological polar surface area (TPSA) is 12.0 Å². The number of rotatable bonds is 0. The van der Waals surface area contributed by atoms with Gasteiger partial charge in [0.25, 0.3) is 0 Å². The van der Waals surface area contributed by atoms with E-state index in [-0.39, 0.29) is 12.4 Å². The first kappa shape index (κ1) is 11.3. The first-order chi connectivity index (χ1) is 6.80. The largest absolute Gasteiger partial charge is 0.316 e. The van der Waals surface area contributed by atoms with E-state index in [2.05, 4.69) is 17.4 Å². The molecule has 1 heterocycles. The molecule has 3 rings (SSSR count). The van der Waals surface area contributed by atoms with Gasteiger partial charge >= 0.3 is 0 Å². The fourth-order valence-electron chi connectivity index (χ4n) is 2.96. The minimum atomic E-state index is 0. The molecule has 1 aromatic carbocycles. The third kappa shape index (κ3) is 1.67. The smallest absolute Gasteiger partial charge is 0.0409 e. The highest BCUT2D eigenvalue weighted by molar-refractivity contribution is 6.30. The van der Waals surface area contributed by atoms with Crippen molar-refractivity contribution in [2.75, 3.05) is 13.1 Å². The van der Waals surface area contributed by atoms with Crippen LogP contribution in [0.5, 0.6) is 0 Å². The fraction of sp³-hybridized carbons (Fsp3) is 0.500. The van der Waals surface area contributed by atoms with Crippen LogP contribution < -0.4 is 5.32 Å². The van der Waals surface area contributed by atoms with Gasteiger partial charge < -0.3 is 5.32 Å². The average Bonchev–Trinajstić information content (AvgIpc) is 2.77. The summed E-state index contributed by atoms with van der Waals surface area (Å²) >= 11 is 6.06. The first-order valence-corrected chi connectivity index (χ1v) is 5.68. The number of aryl methyl sites for hydroxylation is 1. The highest BCUT2D eigenvalue weighted by Crippen LogP contribution is 2.43. The van der Waals surface area contributed by atoms with Crippen LogP contribution in [0, 0.1) is 0 Å². The number of nitrogens with one attached hydrogen (secondary N) is 1. The summed E-state index contributed by atoms with van der Waals surface area (Å²) in [6, 6.07) is 6.39. The molecule has 1 aromatic rings. The lowest BCUT2D eigenvalue weighted by molar-refractivity contribution is 0.468. The van der Waals surface area contributed by atoms with Gasteiger partial charge in [0.1, 0.15) is 0 Å². The summed E-state index contributed by atoms with van der Waals surface area (Å²) in [5.41, 5.74) is 3.44. The minimum Gasteiger partial charge on any atom is -0.316 e. The Kier molecular flexibility index (Phi) is 2.98. The predicted molar refractivity (Wildman–Crippen MR) is 66.2 cm³/mol. The van der Waals surface area contributed by atoms with Gasteiger partial charge in [0.2, 0.25) is 0 Å². The van der Waals surface area contributed by atoms with E-state index >= 15 is 0 Å². The van der Waals surface area contributed by atoms with Gasteiger partial charge in [-0.1, -0.05) is 17.7 Å². The maximum atomic E-state index is 6.06. The normalized spacial score (nSPS) is 27.8. The Hall–Kier alpha value is -0.240. The Labute approximate surface area is 102 Å². The van der Waals surface area contributed by atoms with Gasteiger partial charge in [-0.15, -0.1) is 12.4 Å². The number of halogens is 2. The Morgan fingerprint density at radius 2 is 2.13 bits per heavy atom. The lowest BCUT2D eigenvalue weighted by Crippen LogP contribution is -2.25. The van der Waals surface area contributed by atoms with Crippen molar-refractivity contribution in [1.82, 2.24) is 5.32 Å². The molecule has 1 spiro atoms. The van der Waals surface area contributed by atoms with E-state index < -0.39 is 0 Å². The summed E-state index contributed by atoms with van der Waals surface area (Å²) < 4.78 is 0. The number of hydrogen-bond acceptors (Lipinski definition) is 1. The molecular weight excluding hydrogens is 229 g/mol. The molecule has 0 aromatic heterocycles. The SMILES string of the molecule is Cl.Clc1ccc2c(c1)C1(CCNC1)CC2. The quantitative estimate of drug-likeness (QED) is 0.739. The third-order valence-corrected chi connectivity index (χ3v) is 3.99. The second-order valence-electron chi connectivity index (χ2n) is 4.51. The fourth-order valence-corrected chi connectivity index (χ4v) is 3.13. The van der Waals surface area contributed by atoms with Crippen molar-refractivity contribution >= 4 is 24.0 Å². The summed E-state index contributed by atoms with van der Waals surface area (Å²) in [5.74, 6) is 0. The molecule has 0 saturated carbocycles. The molecule has 1 unspecified atom stereocenters. The Bertz CT molecular complexity index is 370. The van der Waals surface area contributed by atoms with Crippen molar-refractivity contribution < 1.29 is 0 Å². The number of hydrogen-bond donors (Lipinski definition) is 1. The molecule has 82 valence electrons. The molecule has 0 amide bonds. The molecule has 1 aliphatic heterocycles. The zero-order valence-corrected chi connectivity index (χ0v) is 10.1. The zero-order valence-electron chi connectivity index (χ0n) is 8.55. The molecule has 1 N–H and O–H groups in total. The molecule has 1 nitrogen and oxygen atoms in total. The summed E-state index contributed by atoms with van der Waals surface area (Å²) in [6.07, 6.45) is 3.81. The maximum Gasteiger partial charge on any atom is 0.0409 e. The summed E-state index contributed by atoms with van der Waals surface area (Å²) in [4.78, 5) is 0. The zero-order chi connectivity index (χ0) is 9.60. The molecule has 1 aliphatic carbocycles. The molecule has 1 saturated heterocycles. The monoisotopic (exact) mass is 243 g/mol. The Morgan fingerprint density at radius 1 is 1.27 bits per heavy atom. The van der Waals surface area contributed by atoms with Crippen molar-refractivity contribution in [3.63, 3.8) is 0 Å². The lowest BCUT2D eigenvalue weighted by atomic mass is 9.81. The molecular formula is C12H15Cl2N. The van der Waals surface area contributed by atoms with Crippen molar-refractivity contribution in [3.8, 4) is 0 Å². The molecule has 1 atom stereocenters. The van der Waals surface area contributed by atoms with Crippen LogP contribution in [0.3, 0.4) is 0 Å². The van der Waals surface area contributed by atoms with E-state index in [1.165, 1.54) is 30.4 Å². The van der Waals surface area contributed by atoms with Crippen LogP contribution >= 0.6 is 24.0 Å². The van der Waals surface area contributed by atoms with Crippen molar-refractivity contribution in [3.05, 3.63) is 34.3 Å². The molecule has 0 bridgehead atoms. The van der Waals surface area contributed by atoms with Gasteiger partial charge in [0.05, 0.1) is 0 Å². The molecule has 3 heteroatoms. The number of benzene rings is 1. The minimum absolute atomic E-state index is 0. The van der Waals surface area contributed by atoms with Gasteiger partial charge in [-0.05, 0) is 49.1 Å². The first-order valence-electron chi connectivity index (χ1n) is 5.30. The molecule has 15 heavy (non-hydrogen) atoms. The van der Waals surface area contributed by atoms with Gasteiger partial charge in [0, 0.05) is 17.0 Å².